The average Bonchev–Trinajstić information content (AvgIpc) is 3.39. The standard InChI is InChI=1S/C35H36N4O4S/c1-4-6-16-33-36-31-23-27(38(3)34(40)5-2)21-22-32(31)39(33)24-25-17-19-26(20-18-25)29-14-10-11-15-30(29)35(41)37-44(42,43)28-12-8-7-9-13-28/h7-15,17-23H,4-6,16,24H2,1-3H3,(H,37,41). The highest BCUT2D eigenvalue weighted by atomic mass is 32.2. The van der Waals surface area contributed by atoms with Crippen LogP contribution in [0.15, 0.2) is 102 Å². The second kappa shape index (κ2) is 13.3. The molecule has 0 unspecified atom stereocenters. The number of aromatic nitrogens is 2. The van der Waals surface area contributed by atoms with Crippen molar-refractivity contribution < 1.29 is 18.0 Å². The van der Waals surface area contributed by atoms with E-state index in [1.807, 2.05) is 61.5 Å². The first-order chi connectivity index (χ1) is 21.2. The van der Waals surface area contributed by atoms with Gasteiger partial charge in [0.2, 0.25) is 5.91 Å². The summed E-state index contributed by atoms with van der Waals surface area (Å²) < 4.78 is 30.0. The Bertz CT molecular complexity index is 1900. The zero-order chi connectivity index (χ0) is 31.3. The molecule has 5 rings (SSSR count). The first kappa shape index (κ1) is 30.7. The van der Waals surface area contributed by atoms with Crippen LogP contribution in [0.2, 0.25) is 0 Å². The van der Waals surface area contributed by atoms with Gasteiger partial charge in [-0.25, -0.2) is 18.1 Å². The maximum Gasteiger partial charge on any atom is 0.265 e. The first-order valence-electron chi connectivity index (χ1n) is 14.8. The molecule has 5 aromatic rings. The third-order valence-corrected chi connectivity index (χ3v) is 9.03. The molecule has 0 fully saturated rings. The number of aryl methyl sites for hydroxylation is 1. The fraction of sp³-hybridized carbons (Fsp3) is 0.229. The normalized spacial score (nSPS) is 11.4. The Labute approximate surface area is 258 Å². The second-order valence-electron chi connectivity index (χ2n) is 10.7. The van der Waals surface area contributed by atoms with Crippen molar-refractivity contribution in [2.24, 2.45) is 0 Å². The highest BCUT2D eigenvalue weighted by Crippen LogP contribution is 2.27. The molecule has 0 aliphatic carbocycles. The number of fused-ring (bicyclic) bond motifs is 1. The highest BCUT2D eigenvalue weighted by Gasteiger charge is 2.21. The Kier molecular flexibility index (Phi) is 9.25. The van der Waals surface area contributed by atoms with E-state index < -0.39 is 15.9 Å². The third kappa shape index (κ3) is 6.58. The molecule has 226 valence electrons. The van der Waals surface area contributed by atoms with E-state index in [9.17, 15) is 18.0 Å². The van der Waals surface area contributed by atoms with E-state index in [1.165, 1.54) is 12.1 Å². The summed E-state index contributed by atoms with van der Waals surface area (Å²) in [5.74, 6) is 0.353. The van der Waals surface area contributed by atoms with Crippen LogP contribution in [0.1, 0.15) is 54.9 Å². The number of amides is 2. The largest absolute Gasteiger partial charge is 0.323 e. The quantitative estimate of drug-likeness (QED) is 0.182. The molecule has 0 aliphatic rings. The molecule has 0 aliphatic heterocycles. The van der Waals surface area contributed by atoms with Crippen molar-refractivity contribution >= 4 is 38.6 Å². The van der Waals surface area contributed by atoms with Gasteiger partial charge < -0.3 is 9.47 Å². The number of hydrogen-bond donors (Lipinski definition) is 1. The fourth-order valence-corrected chi connectivity index (χ4v) is 6.19. The van der Waals surface area contributed by atoms with Crippen LogP contribution < -0.4 is 9.62 Å². The monoisotopic (exact) mass is 608 g/mol. The zero-order valence-electron chi connectivity index (χ0n) is 25.2. The number of benzene rings is 4. The lowest BCUT2D eigenvalue weighted by molar-refractivity contribution is -0.118. The molecule has 44 heavy (non-hydrogen) atoms. The maximum absolute atomic E-state index is 13.2. The van der Waals surface area contributed by atoms with E-state index in [-0.39, 0.29) is 16.4 Å². The van der Waals surface area contributed by atoms with E-state index in [4.69, 9.17) is 4.98 Å². The lowest BCUT2D eigenvalue weighted by Gasteiger charge is -2.16. The summed E-state index contributed by atoms with van der Waals surface area (Å²) in [6.07, 6.45) is 3.35. The topological polar surface area (TPSA) is 101 Å². The summed E-state index contributed by atoms with van der Waals surface area (Å²) >= 11 is 0. The van der Waals surface area contributed by atoms with Gasteiger partial charge in [-0.05, 0) is 59.5 Å². The van der Waals surface area contributed by atoms with E-state index in [0.717, 1.165) is 52.9 Å². The number of carbonyl (C=O) groups is 2. The number of nitrogens with one attached hydrogen (secondary N) is 1. The Balaban J connectivity index is 1.41. The Morgan fingerprint density at radius 2 is 1.59 bits per heavy atom. The molecule has 1 aromatic heterocycles. The minimum Gasteiger partial charge on any atom is -0.323 e. The average molecular weight is 609 g/mol. The molecule has 4 aromatic carbocycles. The minimum absolute atomic E-state index is 0.0261. The summed E-state index contributed by atoms with van der Waals surface area (Å²) in [4.78, 5) is 32.1. The van der Waals surface area contributed by atoms with Gasteiger partial charge in [0.1, 0.15) is 5.82 Å². The Morgan fingerprint density at radius 3 is 2.30 bits per heavy atom. The van der Waals surface area contributed by atoms with Crippen molar-refractivity contribution in [1.29, 1.82) is 0 Å². The van der Waals surface area contributed by atoms with Gasteiger partial charge in [0, 0.05) is 37.7 Å². The molecule has 0 radical (unpaired) electrons. The molecule has 0 bridgehead atoms. The third-order valence-electron chi connectivity index (χ3n) is 7.69. The van der Waals surface area contributed by atoms with Gasteiger partial charge in [0.15, 0.2) is 0 Å². The summed E-state index contributed by atoms with van der Waals surface area (Å²) in [6.45, 7) is 4.62. The van der Waals surface area contributed by atoms with Crippen LogP contribution in [0.4, 0.5) is 5.69 Å². The van der Waals surface area contributed by atoms with Crippen molar-refractivity contribution in [3.63, 3.8) is 0 Å². The van der Waals surface area contributed by atoms with E-state index in [2.05, 4.69) is 16.2 Å². The van der Waals surface area contributed by atoms with Crippen molar-refractivity contribution in [3.8, 4) is 11.1 Å². The summed E-state index contributed by atoms with van der Waals surface area (Å²) in [5, 5.41) is 0. The second-order valence-corrected chi connectivity index (χ2v) is 12.4. The van der Waals surface area contributed by atoms with Crippen molar-refractivity contribution in [1.82, 2.24) is 14.3 Å². The number of carbonyl (C=O) groups excluding carboxylic acids is 2. The molecule has 0 saturated heterocycles. The van der Waals surface area contributed by atoms with Gasteiger partial charge in [-0.15, -0.1) is 0 Å². The molecule has 2 amide bonds. The van der Waals surface area contributed by atoms with Crippen molar-refractivity contribution in [2.75, 3.05) is 11.9 Å². The number of nitrogens with zero attached hydrogens (tertiary/aromatic N) is 3. The molecular formula is C35H36N4O4S. The Morgan fingerprint density at radius 1 is 0.886 bits per heavy atom. The predicted molar refractivity (Wildman–Crippen MR) is 174 cm³/mol. The molecule has 0 atom stereocenters. The van der Waals surface area contributed by atoms with Crippen molar-refractivity contribution in [2.45, 2.75) is 51.0 Å². The number of rotatable bonds is 11. The molecule has 0 saturated carbocycles. The van der Waals surface area contributed by atoms with Crippen LogP contribution >= 0.6 is 0 Å². The van der Waals surface area contributed by atoms with Gasteiger partial charge in [0.25, 0.3) is 15.9 Å². The number of unbranched alkanes of at least 4 members (excludes halogenated alkanes) is 1. The fourth-order valence-electron chi connectivity index (χ4n) is 5.20. The van der Waals surface area contributed by atoms with Gasteiger partial charge in [-0.2, -0.15) is 0 Å². The van der Waals surface area contributed by atoms with Crippen LogP contribution in [0.5, 0.6) is 0 Å². The molecule has 8 nitrogen and oxygen atoms in total. The zero-order valence-corrected chi connectivity index (χ0v) is 26.0. The smallest absolute Gasteiger partial charge is 0.265 e. The van der Waals surface area contributed by atoms with Crippen LogP contribution in [0.3, 0.4) is 0 Å². The molecule has 9 heteroatoms. The summed E-state index contributed by atoms with van der Waals surface area (Å²) in [5.41, 5.74) is 5.43. The minimum atomic E-state index is -4.01. The lowest BCUT2D eigenvalue weighted by atomic mass is 9.98. The maximum atomic E-state index is 13.2. The predicted octanol–water partition coefficient (Wildman–Crippen LogP) is 6.59. The molecule has 0 spiro atoms. The van der Waals surface area contributed by atoms with Gasteiger partial charge in [-0.1, -0.05) is 80.9 Å². The Hall–Kier alpha value is -4.76. The first-order valence-corrected chi connectivity index (χ1v) is 16.3. The van der Waals surface area contributed by atoms with Crippen LogP contribution in [-0.4, -0.2) is 36.8 Å². The number of anilines is 1. The highest BCUT2D eigenvalue weighted by molar-refractivity contribution is 7.90. The number of hydrogen-bond acceptors (Lipinski definition) is 5. The molecule has 1 N–H and O–H groups in total. The van der Waals surface area contributed by atoms with Gasteiger partial charge in [0.05, 0.1) is 15.9 Å². The van der Waals surface area contributed by atoms with Crippen molar-refractivity contribution in [3.05, 3.63) is 114 Å². The van der Waals surface area contributed by atoms with Crippen LogP contribution in [0, 0.1) is 0 Å². The number of sulfonamides is 1. The van der Waals surface area contributed by atoms with Gasteiger partial charge >= 0.3 is 0 Å². The van der Waals surface area contributed by atoms with Crippen LogP contribution in [0.25, 0.3) is 22.2 Å². The van der Waals surface area contributed by atoms with Gasteiger partial charge in [-0.3, -0.25) is 9.59 Å². The van der Waals surface area contributed by atoms with E-state index >= 15 is 0 Å². The SMILES string of the molecule is CCCCc1nc2cc(N(C)C(=O)CC)ccc2n1Cc1ccc(-c2ccccc2C(=O)NS(=O)(=O)c2ccccc2)cc1. The molecule has 1 heterocycles. The lowest BCUT2D eigenvalue weighted by Crippen LogP contribution is -2.30. The van der Waals surface area contributed by atoms with Crippen LogP contribution in [-0.2, 0) is 27.8 Å². The molecular weight excluding hydrogens is 572 g/mol. The number of imidazole rings is 1. The summed E-state index contributed by atoms with van der Waals surface area (Å²) in [6, 6.07) is 28.7. The summed E-state index contributed by atoms with van der Waals surface area (Å²) in [7, 11) is -2.23. The van der Waals surface area contributed by atoms with E-state index in [1.54, 1.807) is 42.3 Å². The van der Waals surface area contributed by atoms with E-state index in [0.29, 0.717) is 18.5 Å².